The molecule has 1 aliphatic carbocycles. The van der Waals surface area contributed by atoms with Crippen LogP contribution in [-0.4, -0.2) is 50.7 Å². The molecule has 0 saturated carbocycles. The average molecular weight is 603 g/mol. The summed E-state index contributed by atoms with van der Waals surface area (Å²) in [6, 6.07) is 12.7. The van der Waals surface area contributed by atoms with Gasteiger partial charge in [0, 0.05) is 5.54 Å². The maximum Gasteiger partial charge on any atom is 0.173 e. The molecule has 1 aliphatic rings. The zero-order chi connectivity index (χ0) is 31.8. The van der Waals surface area contributed by atoms with Crippen molar-refractivity contribution in [1.29, 1.82) is 0 Å². The first kappa shape index (κ1) is 32.1. The zero-order valence-electron chi connectivity index (χ0n) is 28.0. The fraction of sp³-hybridized carbons (Fsp3) is 0.389. The molecule has 7 heteroatoms. The van der Waals surface area contributed by atoms with E-state index in [1.54, 1.807) is 42.7 Å². The Morgan fingerprint density at radius 3 is 0.884 bits per heavy atom. The van der Waals surface area contributed by atoms with Crippen molar-refractivity contribution in [3.8, 4) is 34.5 Å². The first-order valence-electron chi connectivity index (χ1n) is 14.5. The van der Waals surface area contributed by atoms with Crippen molar-refractivity contribution in [2.45, 2.75) is 54.0 Å². The number of hydrogen-bond acceptors (Lipinski definition) is 6. The van der Waals surface area contributed by atoms with E-state index < -0.39 is 8.07 Å². The molecule has 0 aromatic heterocycles. The monoisotopic (exact) mass is 602 g/mol. The van der Waals surface area contributed by atoms with Crippen LogP contribution in [0.25, 0.3) is 0 Å². The van der Waals surface area contributed by atoms with Crippen LogP contribution in [0, 0.1) is 20.8 Å². The van der Waals surface area contributed by atoms with Crippen LogP contribution in [0.5, 0.6) is 34.5 Å². The summed E-state index contributed by atoms with van der Waals surface area (Å²) in [5, 5.41) is 3.16. The average Bonchev–Trinajstić information content (AvgIpc) is 3.20. The Balaban J connectivity index is 2.45. The zero-order valence-corrected chi connectivity index (χ0v) is 29.0. The van der Waals surface area contributed by atoms with Crippen LogP contribution in [-0.2, 0) is 0 Å². The molecular formula is C36H46O6Si. The molecule has 0 unspecified atom stereocenters. The maximum absolute atomic E-state index is 6.27. The van der Waals surface area contributed by atoms with Crippen molar-refractivity contribution in [1.82, 2.24) is 0 Å². The second kappa shape index (κ2) is 12.4. The van der Waals surface area contributed by atoms with Crippen LogP contribution in [0.15, 0.2) is 58.7 Å². The standard InChI is InChI=1S/C36H46O6Si/c1-20-14-30(40-11)33(17-27(20)37-8)43(36-25(6)23(4)24(5)26(36)7,34-18-28(38-9)21(2)15-31(34)41-12)35-19-29(39-10)22(3)16-32(35)42-13/h14-19,36H,1-13H3. The third kappa shape index (κ3) is 4.97. The molecule has 0 atom stereocenters. The molecule has 0 heterocycles. The molecule has 230 valence electrons. The summed E-state index contributed by atoms with van der Waals surface area (Å²) in [6.45, 7) is 15.1. The van der Waals surface area contributed by atoms with Crippen molar-refractivity contribution in [3.05, 3.63) is 75.4 Å². The second-order valence-electron chi connectivity index (χ2n) is 11.4. The quantitative estimate of drug-likeness (QED) is 0.204. The van der Waals surface area contributed by atoms with Gasteiger partial charge in [-0.05, 0) is 128 Å². The minimum Gasteiger partial charge on any atom is -0.497 e. The number of aryl methyl sites for hydroxylation is 3. The van der Waals surface area contributed by atoms with Crippen molar-refractivity contribution >= 4 is 23.6 Å². The van der Waals surface area contributed by atoms with Gasteiger partial charge in [0.05, 0.1) is 42.7 Å². The van der Waals surface area contributed by atoms with E-state index in [0.29, 0.717) is 0 Å². The molecule has 6 nitrogen and oxygen atoms in total. The van der Waals surface area contributed by atoms with E-state index in [2.05, 4.69) is 64.1 Å². The van der Waals surface area contributed by atoms with Gasteiger partial charge in [-0.2, -0.15) is 0 Å². The van der Waals surface area contributed by atoms with Crippen LogP contribution >= 0.6 is 0 Å². The van der Waals surface area contributed by atoms with Gasteiger partial charge in [0.2, 0.25) is 0 Å². The fourth-order valence-corrected chi connectivity index (χ4v) is 13.3. The highest BCUT2D eigenvalue weighted by Crippen LogP contribution is 2.49. The lowest BCUT2D eigenvalue weighted by atomic mass is 10.1. The highest BCUT2D eigenvalue weighted by Gasteiger charge is 2.55. The normalized spacial score (nSPS) is 13.9. The molecular weight excluding hydrogens is 556 g/mol. The van der Waals surface area contributed by atoms with Crippen LogP contribution in [0.2, 0.25) is 5.54 Å². The Kier molecular flexibility index (Phi) is 9.26. The molecule has 0 radical (unpaired) electrons. The van der Waals surface area contributed by atoms with E-state index in [9.17, 15) is 0 Å². The van der Waals surface area contributed by atoms with E-state index in [1.165, 1.54) is 22.3 Å². The molecule has 0 N–H and O–H groups in total. The second-order valence-corrected chi connectivity index (χ2v) is 15.2. The lowest BCUT2D eigenvalue weighted by Crippen LogP contribution is -2.70. The topological polar surface area (TPSA) is 55.4 Å². The summed E-state index contributed by atoms with van der Waals surface area (Å²) in [5.41, 5.74) is 8.19. The number of hydrogen-bond donors (Lipinski definition) is 0. The number of ether oxygens (including phenoxy) is 6. The van der Waals surface area contributed by atoms with Gasteiger partial charge in [-0.15, -0.1) is 0 Å². The minimum absolute atomic E-state index is 0.00330. The molecule has 0 fully saturated rings. The van der Waals surface area contributed by atoms with E-state index >= 15 is 0 Å². The lowest BCUT2D eigenvalue weighted by molar-refractivity contribution is 0.401. The van der Waals surface area contributed by atoms with E-state index in [1.807, 2.05) is 20.8 Å². The predicted molar refractivity (Wildman–Crippen MR) is 178 cm³/mol. The summed E-state index contributed by atoms with van der Waals surface area (Å²) >= 11 is 0. The minimum atomic E-state index is -3.34. The molecule has 3 aromatic rings. The lowest BCUT2D eigenvalue weighted by Gasteiger charge is -2.43. The highest BCUT2D eigenvalue weighted by atomic mass is 28.3. The highest BCUT2D eigenvalue weighted by molar-refractivity contribution is 7.14. The summed E-state index contributed by atoms with van der Waals surface area (Å²) < 4.78 is 36.8. The first-order chi connectivity index (χ1) is 20.5. The molecule has 4 rings (SSSR count). The Morgan fingerprint density at radius 2 is 0.651 bits per heavy atom. The van der Waals surface area contributed by atoms with Crippen molar-refractivity contribution in [3.63, 3.8) is 0 Å². The molecule has 0 aliphatic heterocycles. The number of benzene rings is 3. The van der Waals surface area contributed by atoms with Gasteiger partial charge in [0.15, 0.2) is 8.07 Å². The Hall–Kier alpha value is -3.84. The van der Waals surface area contributed by atoms with Crippen molar-refractivity contribution in [2.24, 2.45) is 0 Å². The van der Waals surface area contributed by atoms with Crippen molar-refractivity contribution < 1.29 is 28.4 Å². The Labute approximate surface area is 258 Å². The molecule has 0 bridgehead atoms. The summed E-state index contributed by atoms with van der Waals surface area (Å²) in [6.07, 6.45) is 0. The van der Waals surface area contributed by atoms with Crippen LogP contribution < -0.4 is 44.0 Å². The maximum atomic E-state index is 6.27. The number of rotatable bonds is 10. The molecule has 0 saturated heterocycles. The third-order valence-electron chi connectivity index (χ3n) is 9.47. The van der Waals surface area contributed by atoms with Gasteiger partial charge in [-0.25, -0.2) is 0 Å². The summed E-state index contributed by atoms with van der Waals surface area (Å²) in [5.74, 6) is 4.73. The smallest absolute Gasteiger partial charge is 0.173 e. The number of methoxy groups -OCH3 is 6. The predicted octanol–water partition coefficient (Wildman–Crippen LogP) is 6.19. The SMILES string of the molecule is COc1cc([Si](c2cc(OC)c(C)cc2OC)(c2cc(OC)c(C)cc2OC)C2C(C)=C(C)C(C)=C2C)c(OC)cc1C. The van der Waals surface area contributed by atoms with Gasteiger partial charge in [-0.3, -0.25) is 0 Å². The van der Waals surface area contributed by atoms with E-state index in [0.717, 1.165) is 66.7 Å². The summed E-state index contributed by atoms with van der Waals surface area (Å²) in [4.78, 5) is 0. The van der Waals surface area contributed by atoms with E-state index in [-0.39, 0.29) is 5.54 Å². The van der Waals surface area contributed by atoms with Gasteiger partial charge in [0.1, 0.15) is 34.5 Å². The van der Waals surface area contributed by atoms with Crippen LogP contribution in [0.4, 0.5) is 0 Å². The molecule has 3 aromatic carbocycles. The third-order valence-corrected chi connectivity index (χ3v) is 14.9. The van der Waals surface area contributed by atoms with E-state index in [4.69, 9.17) is 28.4 Å². The summed E-state index contributed by atoms with van der Waals surface area (Å²) in [7, 11) is 7.02. The number of allylic oxidation sites excluding steroid dienone is 4. The van der Waals surface area contributed by atoms with Gasteiger partial charge in [-0.1, -0.05) is 11.1 Å². The Bertz CT molecular complexity index is 1440. The van der Waals surface area contributed by atoms with Gasteiger partial charge in [0.25, 0.3) is 0 Å². The first-order valence-corrected chi connectivity index (χ1v) is 16.6. The van der Waals surface area contributed by atoms with Crippen LogP contribution in [0.1, 0.15) is 44.4 Å². The Morgan fingerprint density at radius 1 is 0.395 bits per heavy atom. The molecule has 0 spiro atoms. The molecule has 0 amide bonds. The van der Waals surface area contributed by atoms with Crippen molar-refractivity contribution in [2.75, 3.05) is 42.7 Å². The van der Waals surface area contributed by atoms with Gasteiger partial charge >= 0.3 is 0 Å². The molecule has 43 heavy (non-hydrogen) atoms. The van der Waals surface area contributed by atoms with Gasteiger partial charge < -0.3 is 28.4 Å². The fourth-order valence-electron chi connectivity index (χ4n) is 6.98. The largest absolute Gasteiger partial charge is 0.497 e. The van der Waals surface area contributed by atoms with Crippen LogP contribution in [0.3, 0.4) is 0 Å².